The molecule has 146 valence electrons. The van der Waals surface area contributed by atoms with Crippen molar-refractivity contribution in [1.82, 2.24) is 5.01 Å². The van der Waals surface area contributed by atoms with Crippen LogP contribution in [0, 0.1) is 0 Å². The molecule has 3 rings (SSSR count). The lowest BCUT2D eigenvalue weighted by Crippen LogP contribution is -2.27. The van der Waals surface area contributed by atoms with Crippen LogP contribution in [-0.2, 0) is 0 Å². The van der Waals surface area contributed by atoms with Crippen LogP contribution in [-0.4, -0.2) is 23.9 Å². The summed E-state index contributed by atoms with van der Waals surface area (Å²) < 4.78 is 6.10. The molecule has 0 radical (unpaired) electrons. The Morgan fingerprint density at radius 1 is 1.15 bits per heavy atom. The van der Waals surface area contributed by atoms with E-state index in [1.54, 1.807) is 0 Å². The number of hydrazone groups is 1. The smallest absolute Gasteiger partial charge is 0.119 e. The van der Waals surface area contributed by atoms with Gasteiger partial charge in [0.1, 0.15) is 12.4 Å². The molecule has 1 aliphatic carbocycles. The van der Waals surface area contributed by atoms with E-state index >= 15 is 0 Å². The predicted molar refractivity (Wildman–Crippen MR) is 114 cm³/mol. The molecule has 1 heterocycles. The van der Waals surface area contributed by atoms with Crippen LogP contribution in [0.25, 0.3) is 0 Å². The number of allylic oxidation sites excluding steroid dienone is 2. The van der Waals surface area contributed by atoms with Gasteiger partial charge in [0.05, 0.1) is 12.3 Å². The van der Waals surface area contributed by atoms with E-state index in [0.29, 0.717) is 6.61 Å². The molecule has 1 fully saturated rings. The van der Waals surface area contributed by atoms with Gasteiger partial charge in [-0.2, -0.15) is 5.10 Å². The Morgan fingerprint density at radius 3 is 2.48 bits per heavy atom. The second-order valence-electron chi connectivity index (χ2n) is 7.95. The maximum atomic E-state index is 6.10. The highest BCUT2D eigenvalue weighted by atomic mass is 16.5. The Hall–Kier alpha value is -2.03. The quantitative estimate of drug-likeness (QED) is 0.579. The molecule has 0 N–H and O–H groups in total. The monoisotopic (exact) mass is 366 g/mol. The van der Waals surface area contributed by atoms with Gasteiger partial charge in [-0.3, -0.25) is 5.01 Å². The van der Waals surface area contributed by atoms with Crippen LogP contribution in [0.1, 0.15) is 77.7 Å². The molecule has 1 aromatic rings. The van der Waals surface area contributed by atoms with E-state index in [0.717, 1.165) is 30.3 Å². The molecule has 0 bridgehead atoms. The van der Waals surface area contributed by atoms with Crippen LogP contribution in [0.5, 0.6) is 5.75 Å². The van der Waals surface area contributed by atoms with Gasteiger partial charge in [-0.25, -0.2) is 0 Å². The molecule has 0 unspecified atom stereocenters. The van der Waals surface area contributed by atoms with Crippen molar-refractivity contribution in [2.45, 2.75) is 72.1 Å². The van der Waals surface area contributed by atoms with Crippen molar-refractivity contribution in [3.05, 3.63) is 52.7 Å². The van der Waals surface area contributed by atoms with Crippen molar-refractivity contribution in [2.75, 3.05) is 13.2 Å². The Bertz CT molecular complexity index is 721. The lowest BCUT2D eigenvalue weighted by molar-refractivity contribution is 0.343. The predicted octanol–water partition coefficient (Wildman–Crippen LogP) is 6.43. The number of nitrogens with zero attached hydrogens (tertiary/aromatic N) is 2. The number of hydrogen-bond donors (Lipinski definition) is 0. The van der Waals surface area contributed by atoms with Crippen molar-refractivity contribution in [1.29, 1.82) is 0 Å². The van der Waals surface area contributed by atoms with Crippen LogP contribution < -0.4 is 4.74 Å². The van der Waals surface area contributed by atoms with E-state index in [-0.39, 0.29) is 0 Å². The van der Waals surface area contributed by atoms with Crippen molar-refractivity contribution in [3.8, 4) is 5.75 Å². The molecule has 0 amide bonds. The minimum atomic E-state index is 0.592. The average Bonchev–Trinajstić information content (AvgIpc) is 2.68. The highest BCUT2D eigenvalue weighted by Crippen LogP contribution is 2.33. The van der Waals surface area contributed by atoms with Crippen LogP contribution in [0.2, 0.25) is 0 Å². The third kappa shape index (κ3) is 5.03. The fraction of sp³-hybridized carbons (Fsp3) is 0.542. The normalized spacial score (nSPS) is 19.3. The molecule has 2 aliphatic rings. The topological polar surface area (TPSA) is 24.8 Å². The van der Waals surface area contributed by atoms with Gasteiger partial charge in [-0.1, -0.05) is 44.4 Å². The second-order valence-corrected chi connectivity index (χ2v) is 7.95. The standard InChI is InChI=1S/C24H34N2O/c1-5-9-19(3)26-16-18(2)24(20(4)25-26)17-27-23-14-12-22(13-15-23)21-10-7-6-8-11-21/h9,12-15,21H,5-8,10-11,16-17H2,1-4H3/b19-9+. The van der Waals surface area contributed by atoms with Gasteiger partial charge in [0.2, 0.25) is 0 Å². The first kappa shape index (κ1) is 19.7. The van der Waals surface area contributed by atoms with Gasteiger partial charge in [0.25, 0.3) is 0 Å². The number of benzene rings is 1. The van der Waals surface area contributed by atoms with Gasteiger partial charge in [0.15, 0.2) is 0 Å². The molecule has 1 aromatic carbocycles. The SMILES string of the molecule is CC/C=C(\C)N1CC(C)=C(COc2ccc(C3CCCCC3)cc2)C(C)=N1. The van der Waals surface area contributed by atoms with E-state index in [1.807, 2.05) is 0 Å². The van der Waals surface area contributed by atoms with Crippen molar-refractivity contribution in [3.63, 3.8) is 0 Å². The molecule has 0 spiro atoms. The minimum absolute atomic E-state index is 0.592. The zero-order valence-electron chi connectivity index (χ0n) is 17.4. The summed E-state index contributed by atoms with van der Waals surface area (Å²) in [6, 6.07) is 8.79. The van der Waals surface area contributed by atoms with E-state index in [1.165, 1.54) is 54.5 Å². The van der Waals surface area contributed by atoms with Gasteiger partial charge in [0, 0.05) is 11.3 Å². The molecular weight excluding hydrogens is 332 g/mol. The van der Waals surface area contributed by atoms with Crippen molar-refractivity contribution in [2.24, 2.45) is 5.10 Å². The molecule has 3 heteroatoms. The first-order chi connectivity index (χ1) is 13.1. The lowest BCUT2D eigenvalue weighted by Gasteiger charge is -2.28. The zero-order valence-corrected chi connectivity index (χ0v) is 17.4. The van der Waals surface area contributed by atoms with E-state index in [2.05, 4.69) is 63.0 Å². The Balaban J connectivity index is 1.60. The van der Waals surface area contributed by atoms with Gasteiger partial charge < -0.3 is 4.74 Å². The number of rotatable bonds is 6. The fourth-order valence-corrected chi connectivity index (χ4v) is 4.17. The molecule has 0 atom stereocenters. The van der Waals surface area contributed by atoms with Crippen LogP contribution in [0.4, 0.5) is 0 Å². The van der Waals surface area contributed by atoms with E-state index in [4.69, 9.17) is 9.84 Å². The summed E-state index contributed by atoms with van der Waals surface area (Å²) in [5.74, 6) is 1.70. The molecule has 1 saturated carbocycles. The Morgan fingerprint density at radius 2 is 1.85 bits per heavy atom. The van der Waals surface area contributed by atoms with Gasteiger partial charge in [-0.15, -0.1) is 0 Å². The summed E-state index contributed by atoms with van der Waals surface area (Å²) in [7, 11) is 0. The maximum Gasteiger partial charge on any atom is 0.119 e. The van der Waals surface area contributed by atoms with Crippen molar-refractivity contribution >= 4 is 5.71 Å². The molecule has 3 nitrogen and oxygen atoms in total. The first-order valence-corrected chi connectivity index (χ1v) is 10.5. The summed E-state index contributed by atoms with van der Waals surface area (Å²) in [5.41, 5.74) is 6.31. The van der Waals surface area contributed by atoms with Crippen LogP contribution in [0.15, 0.2) is 52.3 Å². The number of hydrogen-bond acceptors (Lipinski definition) is 3. The van der Waals surface area contributed by atoms with Gasteiger partial charge in [-0.05, 0) is 69.2 Å². The van der Waals surface area contributed by atoms with Crippen molar-refractivity contribution < 1.29 is 4.74 Å². The second kappa shape index (κ2) is 9.25. The summed E-state index contributed by atoms with van der Waals surface area (Å²) >= 11 is 0. The largest absolute Gasteiger partial charge is 0.489 e. The Labute approximate surface area is 164 Å². The van der Waals surface area contributed by atoms with E-state index < -0.39 is 0 Å². The minimum Gasteiger partial charge on any atom is -0.489 e. The molecule has 0 aromatic heterocycles. The molecular formula is C24H34N2O. The van der Waals surface area contributed by atoms with Crippen LogP contribution in [0.3, 0.4) is 0 Å². The number of ether oxygens (including phenoxy) is 1. The third-order valence-electron chi connectivity index (χ3n) is 5.86. The highest BCUT2D eigenvalue weighted by molar-refractivity contribution is 5.99. The molecule has 27 heavy (non-hydrogen) atoms. The summed E-state index contributed by atoms with van der Waals surface area (Å²) in [5, 5.41) is 6.86. The first-order valence-electron chi connectivity index (χ1n) is 10.5. The molecule has 0 saturated heterocycles. The Kier molecular flexibility index (Phi) is 6.76. The van der Waals surface area contributed by atoms with Gasteiger partial charge >= 0.3 is 0 Å². The lowest BCUT2D eigenvalue weighted by atomic mass is 9.84. The zero-order chi connectivity index (χ0) is 19.2. The van der Waals surface area contributed by atoms with Crippen LogP contribution >= 0.6 is 0 Å². The fourth-order valence-electron chi connectivity index (χ4n) is 4.17. The maximum absolute atomic E-state index is 6.10. The highest BCUT2D eigenvalue weighted by Gasteiger charge is 2.18. The van der Waals surface area contributed by atoms with E-state index in [9.17, 15) is 0 Å². The molecule has 1 aliphatic heterocycles. The average molecular weight is 367 g/mol. The summed E-state index contributed by atoms with van der Waals surface area (Å²) in [4.78, 5) is 0. The summed E-state index contributed by atoms with van der Waals surface area (Å²) in [6.45, 7) is 10.00. The third-order valence-corrected chi connectivity index (χ3v) is 5.86. The summed E-state index contributed by atoms with van der Waals surface area (Å²) in [6.07, 6.45) is 10.1.